The van der Waals surface area contributed by atoms with Gasteiger partial charge in [-0.25, -0.2) is 4.79 Å². The molecule has 0 fully saturated rings. The molecule has 0 radical (unpaired) electrons. The molecule has 1 aromatic carbocycles. The standard InChI is InChI=1S/C13H9N3O3/c17-13(18)15-12-6-11(16-19-12)9-1-2-10-7-14-4-3-8(10)5-9/h1-7,15H,(H,17,18). The van der Waals surface area contributed by atoms with Crippen LogP contribution in [-0.4, -0.2) is 21.3 Å². The summed E-state index contributed by atoms with van der Waals surface area (Å²) in [4.78, 5) is 14.5. The molecule has 0 unspecified atom stereocenters. The fraction of sp³-hybridized carbons (Fsp3) is 0. The molecule has 6 heteroatoms. The van der Waals surface area contributed by atoms with Crippen molar-refractivity contribution in [3.8, 4) is 11.3 Å². The second kappa shape index (κ2) is 4.41. The number of amides is 1. The second-order valence-corrected chi connectivity index (χ2v) is 3.94. The summed E-state index contributed by atoms with van der Waals surface area (Å²) in [6.07, 6.45) is 2.30. The van der Waals surface area contributed by atoms with Gasteiger partial charge in [0.1, 0.15) is 5.69 Å². The molecular formula is C13H9N3O3. The molecule has 0 atom stereocenters. The number of carboxylic acid groups (broad SMARTS) is 1. The van der Waals surface area contributed by atoms with Crippen LogP contribution in [0.2, 0.25) is 0 Å². The first-order valence-corrected chi connectivity index (χ1v) is 5.53. The van der Waals surface area contributed by atoms with E-state index in [0.29, 0.717) is 5.69 Å². The van der Waals surface area contributed by atoms with E-state index in [1.165, 1.54) is 6.07 Å². The minimum absolute atomic E-state index is 0.0947. The van der Waals surface area contributed by atoms with Crippen LogP contribution in [0.15, 0.2) is 47.2 Å². The van der Waals surface area contributed by atoms with Gasteiger partial charge in [-0.05, 0) is 17.5 Å². The molecule has 1 amide bonds. The normalized spacial score (nSPS) is 10.5. The molecule has 0 saturated carbocycles. The monoisotopic (exact) mass is 255 g/mol. The molecule has 0 saturated heterocycles. The predicted molar refractivity (Wildman–Crippen MR) is 68.9 cm³/mol. The van der Waals surface area contributed by atoms with Crippen molar-refractivity contribution in [2.45, 2.75) is 0 Å². The van der Waals surface area contributed by atoms with Gasteiger partial charge in [0.15, 0.2) is 0 Å². The zero-order valence-electron chi connectivity index (χ0n) is 9.70. The summed E-state index contributed by atoms with van der Waals surface area (Å²) < 4.78 is 4.89. The SMILES string of the molecule is O=C(O)Nc1cc(-c2ccc3cnccc3c2)no1. The maximum Gasteiger partial charge on any atom is 0.411 e. The summed E-state index contributed by atoms with van der Waals surface area (Å²) in [5.74, 6) is 0.0947. The fourth-order valence-electron chi connectivity index (χ4n) is 1.82. The van der Waals surface area contributed by atoms with Gasteiger partial charge in [-0.15, -0.1) is 0 Å². The van der Waals surface area contributed by atoms with Gasteiger partial charge in [-0.2, -0.15) is 0 Å². The Morgan fingerprint density at radius 2 is 2.11 bits per heavy atom. The average molecular weight is 255 g/mol. The van der Waals surface area contributed by atoms with Crippen molar-refractivity contribution < 1.29 is 14.4 Å². The molecule has 2 N–H and O–H groups in total. The van der Waals surface area contributed by atoms with Crippen LogP contribution < -0.4 is 5.32 Å². The average Bonchev–Trinajstić information content (AvgIpc) is 2.86. The molecule has 94 valence electrons. The van der Waals surface area contributed by atoms with Gasteiger partial charge in [-0.1, -0.05) is 17.3 Å². The molecule has 0 bridgehead atoms. The molecular weight excluding hydrogens is 246 g/mol. The van der Waals surface area contributed by atoms with E-state index in [1.807, 2.05) is 24.3 Å². The maximum atomic E-state index is 10.5. The Hall–Kier alpha value is -2.89. The summed E-state index contributed by atoms with van der Waals surface area (Å²) in [5, 5.41) is 16.6. The summed E-state index contributed by atoms with van der Waals surface area (Å²) in [6.45, 7) is 0. The van der Waals surface area contributed by atoms with Crippen molar-refractivity contribution in [3.63, 3.8) is 0 Å². The number of aromatic nitrogens is 2. The smallest absolute Gasteiger partial charge is 0.411 e. The van der Waals surface area contributed by atoms with E-state index in [2.05, 4.69) is 15.5 Å². The third kappa shape index (κ3) is 2.23. The number of nitrogens with zero attached hydrogens (tertiary/aromatic N) is 2. The molecule has 6 nitrogen and oxygen atoms in total. The van der Waals surface area contributed by atoms with Gasteiger partial charge in [0.25, 0.3) is 0 Å². The lowest BCUT2D eigenvalue weighted by molar-refractivity contribution is 0.208. The van der Waals surface area contributed by atoms with Crippen LogP contribution >= 0.6 is 0 Å². The van der Waals surface area contributed by atoms with Gasteiger partial charge in [-0.3, -0.25) is 10.3 Å². The number of pyridine rings is 1. The lowest BCUT2D eigenvalue weighted by Crippen LogP contribution is -2.05. The number of carbonyl (C=O) groups is 1. The number of fused-ring (bicyclic) bond motifs is 1. The summed E-state index contributed by atoms with van der Waals surface area (Å²) in [5.41, 5.74) is 1.42. The Balaban J connectivity index is 1.99. The number of anilines is 1. The van der Waals surface area contributed by atoms with Gasteiger partial charge < -0.3 is 9.63 Å². The van der Waals surface area contributed by atoms with Crippen LogP contribution in [0.5, 0.6) is 0 Å². The zero-order chi connectivity index (χ0) is 13.2. The molecule has 19 heavy (non-hydrogen) atoms. The second-order valence-electron chi connectivity index (χ2n) is 3.94. The van der Waals surface area contributed by atoms with Crippen molar-refractivity contribution in [2.24, 2.45) is 0 Å². The fourth-order valence-corrected chi connectivity index (χ4v) is 1.82. The van der Waals surface area contributed by atoms with Gasteiger partial charge in [0.05, 0.1) is 0 Å². The Labute approximate surface area is 107 Å². The number of benzene rings is 1. The van der Waals surface area contributed by atoms with Crippen molar-refractivity contribution in [3.05, 3.63) is 42.7 Å². The Morgan fingerprint density at radius 3 is 2.95 bits per heavy atom. The topological polar surface area (TPSA) is 88.2 Å². The third-order valence-corrected chi connectivity index (χ3v) is 2.68. The lowest BCUT2D eigenvalue weighted by atomic mass is 10.1. The van der Waals surface area contributed by atoms with Crippen molar-refractivity contribution >= 4 is 22.7 Å². The Bertz CT molecular complexity index is 751. The first-order chi connectivity index (χ1) is 9.22. The number of nitrogens with one attached hydrogen (secondary N) is 1. The van der Waals surface area contributed by atoms with Crippen molar-refractivity contribution in [1.29, 1.82) is 0 Å². The van der Waals surface area contributed by atoms with E-state index < -0.39 is 6.09 Å². The van der Waals surface area contributed by atoms with Crippen molar-refractivity contribution in [2.75, 3.05) is 5.32 Å². The molecule has 0 aliphatic rings. The Morgan fingerprint density at radius 1 is 1.21 bits per heavy atom. The highest BCUT2D eigenvalue weighted by Gasteiger charge is 2.08. The third-order valence-electron chi connectivity index (χ3n) is 2.68. The van der Waals surface area contributed by atoms with Crippen LogP contribution in [0.4, 0.5) is 10.7 Å². The highest BCUT2D eigenvalue weighted by molar-refractivity contribution is 5.87. The molecule has 2 heterocycles. The largest absolute Gasteiger partial charge is 0.465 e. The van der Waals surface area contributed by atoms with E-state index in [9.17, 15) is 4.79 Å². The van der Waals surface area contributed by atoms with Crippen molar-refractivity contribution in [1.82, 2.24) is 10.1 Å². The zero-order valence-corrected chi connectivity index (χ0v) is 9.70. The summed E-state index contributed by atoms with van der Waals surface area (Å²) >= 11 is 0. The van der Waals surface area contributed by atoms with E-state index in [1.54, 1.807) is 12.4 Å². The number of rotatable bonds is 2. The number of hydrogen-bond donors (Lipinski definition) is 2. The van der Waals surface area contributed by atoms with Crippen LogP contribution in [0, 0.1) is 0 Å². The molecule has 2 aromatic heterocycles. The lowest BCUT2D eigenvalue weighted by Gasteiger charge is -1.99. The van der Waals surface area contributed by atoms with E-state index >= 15 is 0 Å². The van der Waals surface area contributed by atoms with E-state index in [0.717, 1.165) is 16.3 Å². The van der Waals surface area contributed by atoms with Crippen LogP contribution in [-0.2, 0) is 0 Å². The maximum absolute atomic E-state index is 10.5. The van der Waals surface area contributed by atoms with Crippen LogP contribution in [0.3, 0.4) is 0 Å². The van der Waals surface area contributed by atoms with Gasteiger partial charge in [0.2, 0.25) is 5.88 Å². The highest BCUT2D eigenvalue weighted by Crippen LogP contribution is 2.25. The molecule has 0 spiro atoms. The van der Waals surface area contributed by atoms with E-state index in [4.69, 9.17) is 9.63 Å². The molecule has 3 aromatic rings. The summed E-state index contributed by atoms with van der Waals surface area (Å²) in [6, 6.07) is 9.19. The first-order valence-electron chi connectivity index (χ1n) is 5.53. The van der Waals surface area contributed by atoms with Crippen LogP contribution in [0.25, 0.3) is 22.0 Å². The molecule has 3 rings (SSSR count). The van der Waals surface area contributed by atoms with Gasteiger partial charge >= 0.3 is 6.09 Å². The summed E-state index contributed by atoms with van der Waals surface area (Å²) in [7, 11) is 0. The first kappa shape index (κ1) is 11.2. The number of hydrogen-bond acceptors (Lipinski definition) is 4. The van der Waals surface area contributed by atoms with Gasteiger partial charge in [0, 0.05) is 29.4 Å². The highest BCUT2D eigenvalue weighted by atomic mass is 16.5. The molecule has 0 aliphatic heterocycles. The quantitative estimate of drug-likeness (QED) is 0.734. The minimum Gasteiger partial charge on any atom is -0.465 e. The Kier molecular flexibility index (Phi) is 2.60. The van der Waals surface area contributed by atoms with E-state index in [-0.39, 0.29) is 5.88 Å². The van der Waals surface area contributed by atoms with Crippen LogP contribution in [0.1, 0.15) is 0 Å². The minimum atomic E-state index is -1.19. The molecule has 0 aliphatic carbocycles. The predicted octanol–water partition coefficient (Wildman–Crippen LogP) is 2.98.